The summed E-state index contributed by atoms with van der Waals surface area (Å²) in [5, 5.41) is 0. The molecule has 1 fully saturated rings. The Morgan fingerprint density at radius 1 is 1.16 bits per heavy atom. The zero-order chi connectivity index (χ0) is 22.0. The van der Waals surface area contributed by atoms with E-state index in [4.69, 9.17) is 4.42 Å². The first-order chi connectivity index (χ1) is 15.0. The molecular weight excluding hydrogens is 394 g/mol. The van der Waals surface area contributed by atoms with Crippen molar-refractivity contribution in [1.29, 1.82) is 0 Å². The fraction of sp³-hybridized carbons (Fsp3) is 0.375. The van der Waals surface area contributed by atoms with Crippen LogP contribution in [-0.4, -0.2) is 40.2 Å². The second-order valence-electron chi connectivity index (χ2n) is 8.09. The van der Waals surface area contributed by atoms with Crippen molar-refractivity contribution >= 4 is 23.5 Å². The lowest BCUT2D eigenvalue weighted by molar-refractivity contribution is -0.136. The fourth-order valence-corrected chi connectivity index (χ4v) is 4.11. The smallest absolute Gasteiger partial charge is 0.332 e. The van der Waals surface area contributed by atoms with E-state index < -0.39 is 12.1 Å². The maximum atomic E-state index is 13.3. The van der Waals surface area contributed by atoms with Gasteiger partial charge in [0.05, 0.1) is 12.8 Å². The third kappa shape index (κ3) is 4.26. The molecule has 4 rings (SSSR count). The molecule has 7 heteroatoms. The first-order valence-electron chi connectivity index (χ1n) is 10.7. The van der Waals surface area contributed by atoms with Crippen LogP contribution in [0.15, 0.2) is 58.9 Å². The van der Waals surface area contributed by atoms with Crippen LogP contribution in [0.4, 0.5) is 10.5 Å². The number of aryl methyl sites for hydroxylation is 1. The number of rotatable bonds is 6. The normalized spacial score (nSPS) is 19.0. The molecular formula is C24H27N3O4. The van der Waals surface area contributed by atoms with Crippen LogP contribution in [0.3, 0.4) is 0 Å². The van der Waals surface area contributed by atoms with E-state index in [1.54, 1.807) is 24.2 Å². The number of anilines is 1. The van der Waals surface area contributed by atoms with Crippen LogP contribution in [0.1, 0.15) is 43.9 Å². The highest BCUT2D eigenvalue weighted by Gasteiger charge is 2.44. The molecule has 0 spiro atoms. The molecule has 1 aromatic heterocycles. The molecule has 2 aliphatic rings. The van der Waals surface area contributed by atoms with Crippen LogP contribution in [0.2, 0.25) is 0 Å². The Balaban J connectivity index is 1.54. The van der Waals surface area contributed by atoms with E-state index in [1.807, 2.05) is 37.3 Å². The number of benzene rings is 1. The van der Waals surface area contributed by atoms with Crippen LogP contribution in [0.25, 0.3) is 0 Å². The average molecular weight is 421 g/mol. The van der Waals surface area contributed by atoms with Crippen LogP contribution >= 0.6 is 0 Å². The Morgan fingerprint density at radius 3 is 2.58 bits per heavy atom. The predicted molar refractivity (Wildman–Crippen MR) is 116 cm³/mol. The van der Waals surface area contributed by atoms with Gasteiger partial charge in [-0.3, -0.25) is 19.4 Å². The van der Waals surface area contributed by atoms with Crippen molar-refractivity contribution in [2.24, 2.45) is 0 Å². The van der Waals surface area contributed by atoms with Gasteiger partial charge >= 0.3 is 6.03 Å². The van der Waals surface area contributed by atoms with Crippen molar-refractivity contribution in [3.63, 3.8) is 0 Å². The van der Waals surface area contributed by atoms with Gasteiger partial charge in [0.2, 0.25) is 5.91 Å². The summed E-state index contributed by atoms with van der Waals surface area (Å²) in [5.74, 6) is 0.00671. The summed E-state index contributed by atoms with van der Waals surface area (Å²) < 4.78 is 5.44. The molecule has 4 amide bonds. The monoisotopic (exact) mass is 421 g/mol. The van der Waals surface area contributed by atoms with Gasteiger partial charge in [-0.15, -0.1) is 0 Å². The first-order valence-corrected chi connectivity index (χ1v) is 10.7. The van der Waals surface area contributed by atoms with Gasteiger partial charge in [0.1, 0.15) is 18.3 Å². The van der Waals surface area contributed by atoms with Gasteiger partial charge in [0.25, 0.3) is 5.91 Å². The van der Waals surface area contributed by atoms with Crippen molar-refractivity contribution in [3.8, 4) is 0 Å². The molecule has 2 aromatic rings. The number of imide groups is 1. The highest BCUT2D eigenvalue weighted by atomic mass is 16.3. The van der Waals surface area contributed by atoms with Crippen LogP contribution in [0, 0.1) is 6.92 Å². The third-order valence-corrected chi connectivity index (χ3v) is 5.86. The maximum Gasteiger partial charge on any atom is 0.332 e. The molecule has 1 atom stereocenters. The van der Waals surface area contributed by atoms with Crippen LogP contribution in [0.5, 0.6) is 0 Å². The van der Waals surface area contributed by atoms with E-state index in [2.05, 4.69) is 6.08 Å². The van der Waals surface area contributed by atoms with Crippen molar-refractivity contribution in [3.05, 3.63) is 65.8 Å². The summed E-state index contributed by atoms with van der Waals surface area (Å²) in [6.45, 7) is 3.64. The molecule has 162 valence electrons. The zero-order valence-electron chi connectivity index (χ0n) is 17.9. The molecule has 2 heterocycles. The molecule has 1 aliphatic carbocycles. The Kier molecular flexibility index (Phi) is 5.93. The second-order valence-corrected chi connectivity index (χ2v) is 8.09. The number of hydrogen-bond donors (Lipinski definition) is 0. The van der Waals surface area contributed by atoms with Gasteiger partial charge in [0.15, 0.2) is 0 Å². The number of allylic oxidation sites excluding steroid dienone is 2. The van der Waals surface area contributed by atoms with E-state index in [1.165, 1.54) is 4.90 Å². The Bertz CT molecular complexity index is 994. The molecule has 1 aliphatic heterocycles. The van der Waals surface area contributed by atoms with E-state index in [0.29, 0.717) is 11.4 Å². The lowest BCUT2D eigenvalue weighted by atomic mass is 10.0. The van der Waals surface area contributed by atoms with Crippen LogP contribution in [-0.2, 0) is 16.1 Å². The largest absolute Gasteiger partial charge is 0.467 e. The summed E-state index contributed by atoms with van der Waals surface area (Å²) in [4.78, 5) is 43.4. The molecule has 7 nitrogen and oxygen atoms in total. The van der Waals surface area contributed by atoms with Gasteiger partial charge in [-0.1, -0.05) is 23.8 Å². The lowest BCUT2D eigenvalue weighted by Gasteiger charge is -2.28. The van der Waals surface area contributed by atoms with E-state index in [9.17, 15) is 14.4 Å². The molecule has 0 radical (unpaired) electrons. The average Bonchev–Trinajstić information content (AvgIpc) is 3.36. The molecule has 1 saturated heterocycles. The van der Waals surface area contributed by atoms with Crippen LogP contribution < -0.4 is 4.90 Å². The Morgan fingerprint density at radius 2 is 1.94 bits per heavy atom. The lowest BCUT2D eigenvalue weighted by Crippen LogP contribution is -2.43. The number of hydrogen-bond acceptors (Lipinski definition) is 4. The third-order valence-electron chi connectivity index (χ3n) is 5.86. The number of urea groups is 1. The number of carbonyl (C=O) groups is 3. The predicted octanol–water partition coefficient (Wildman–Crippen LogP) is 4.23. The second kappa shape index (κ2) is 8.79. The molecule has 0 N–H and O–H groups in total. The maximum absolute atomic E-state index is 13.3. The Labute approximate surface area is 181 Å². The van der Waals surface area contributed by atoms with Crippen molar-refractivity contribution in [2.45, 2.75) is 52.1 Å². The number of amides is 4. The molecule has 0 unspecified atom stereocenters. The van der Waals surface area contributed by atoms with Gasteiger partial charge < -0.3 is 9.32 Å². The molecule has 1 aromatic carbocycles. The molecule has 31 heavy (non-hydrogen) atoms. The minimum absolute atomic E-state index is 0.283. The molecule has 0 saturated carbocycles. The number of nitrogens with zero attached hydrogens (tertiary/aromatic N) is 3. The zero-order valence-corrected chi connectivity index (χ0v) is 17.9. The van der Waals surface area contributed by atoms with Gasteiger partial charge in [0, 0.05) is 11.4 Å². The summed E-state index contributed by atoms with van der Waals surface area (Å²) in [7, 11) is 0. The summed E-state index contributed by atoms with van der Waals surface area (Å²) in [5.41, 5.74) is 2.64. The van der Waals surface area contributed by atoms with Crippen molar-refractivity contribution in [2.75, 3.05) is 11.4 Å². The highest BCUT2D eigenvalue weighted by Crippen LogP contribution is 2.28. The topological polar surface area (TPSA) is 74.1 Å². The van der Waals surface area contributed by atoms with Crippen molar-refractivity contribution in [1.82, 2.24) is 9.80 Å². The summed E-state index contributed by atoms with van der Waals surface area (Å²) in [6, 6.07) is 9.90. The number of carbonyl (C=O) groups excluding carboxylic acids is 3. The summed E-state index contributed by atoms with van der Waals surface area (Å²) in [6.07, 6.45) is 7.45. The Hall–Kier alpha value is -3.35. The van der Waals surface area contributed by atoms with Crippen molar-refractivity contribution < 1.29 is 18.8 Å². The van der Waals surface area contributed by atoms with Gasteiger partial charge in [-0.25, -0.2) is 4.79 Å². The van der Waals surface area contributed by atoms with E-state index in [-0.39, 0.29) is 24.9 Å². The first kappa shape index (κ1) is 20.9. The van der Waals surface area contributed by atoms with E-state index in [0.717, 1.165) is 41.8 Å². The SMILES string of the molecule is Cc1ccc(N2C(=O)N(CC(=O)N(Cc3ccco3)C3=CCCCC3)C(=O)[C@H]2C)cc1. The van der Waals surface area contributed by atoms with E-state index >= 15 is 0 Å². The summed E-state index contributed by atoms with van der Waals surface area (Å²) >= 11 is 0. The highest BCUT2D eigenvalue weighted by molar-refractivity contribution is 6.15. The van der Waals surface area contributed by atoms with Gasteiger partial charge in [-0.05, 0) is 63.8 Å². The van der Waals surface area contributed by atoms with Gasteiger partial charge in [-0.2, -0.15) is 0 Å². The standard InChI is InChI=1S/C24H27N3O4/c1-17-10-12-20(13-11-17)27-18(2)23(29)26(24(27)30)16-22(28)25(15-21-9-6-14-31-21)19-7-4-3-5-8-19/h6-7,9-14,18H,3-5,8,15-16H2,1-2H3/t18-/m1/s1. The fourth-order valence-electron chi connectivity index (χ4n) is 4.11. The number of furan rings is 1. The minimum atomic E-state index is -0.657. The minimum Gasteiger partial charge on any atom is -0.467 e. The molecule has 0 bridgehead atoms. The quantitative estimate of drug-likeness (QED) is 0.654.